The number of alkyl carbamates (subject to hydrolysis) is 1. The summed E-state index contributed by atoms with van der Waals surface area (Å²) in [4.78, 5) is 12.2. The van der Waals surface area contributed by atoms with Gasteiger partial charge in [0, 0.05) is 24.5 Å². The Bertz CT molecular complexity index is 1030. The molecule has 3 atom stereocenters. The maximum absolute atomic E-state index is 13.8. The lowest BCUT2D eigenvalue weighted by atomic mass is 9.69. The number of hydrogen-bond donors (Lipinski definition) is 1. The number of nitrogens with zero attached hydrogens (tertiary/aromatic N) is 1. The van der Waals surface area contributed by atoms with Gasteiger partial charge in [0.2, 0.25) is 10.0 Å². The van der Waals surface area contributed by atoms with Gasteiger partial charge in [-0.25, -0.2) is 17.5 Å². The highest BCUT2D eigenvalue weighted by Crippen LogP contribution is 2.66. The molecule has 1 amide bonds. The molecule has 2 saturated carbocycles. The van der Waals surface area contributed by atoms with Crippen molar-refractivity contribution < 1.29 is 17.9 Å². The highest BCUT2D eigenvalue weighted by atomic mass is 32.2. The first-order chi connectivity index (χ1) is 15.6. The fraction of sp³-hybridized carbons (Fsp3) is 0.731. The largest absolute Gasteiger partial charge is 0.450 e. The third-order valence-corrected chi connectivity index (χ3v) is 12.0. The quantitative estimate of drug-likeness (QED) is 0.693. The van der Waals surface area contributed by atoms with Gasteiger partial charge in [-0.05, 0) is 79.7 Å². The van der Waals surface area contributed by atoms with Crippen LogP contribution in [0.25, 0.3) is 0 Å². The topological polar surface area (TPSA) is 75.7 Å². The Kier molecular flexibility index (Phi) is 5.60. The van der Waals surface area contributed by atoms with Crippen LogP contribution in [0.1, 0.15) is 70.4 Å². The maximum Gasteiger partial charge on any atom is 0.407 e. The number of nitrogens with one attached hydrogen (secondary N) is 1. The van der Waals surface area contributed by atoms with Crippen molar-refractivity contribution in [2.45, 2.75) is 77.2 Å². The summed E-state index contributed by atoms with van der Waals surface area (Å²) in [6, 6.07) is 8.54. The van der Waals surface area contributed by atoms with Crippen LogP contribution in [-0.2, 0) is 26.6 Å². The number of benzene rings is 1. The summed E-state index contributed by atoms with van der Waals surface area (Å²) < 4.78 is 34.5. The molecule has 4 aliphatic rings. The highest BCUT2D eigenvalue weighted by molar-refractivity contribution is 7.89. The van der Waals surface area contributed by atoms with Gasteiger partial charge in [-0.1, -0.05) is 38.1 Å². The van der Waals surface area contributed by atoms with E-state index in [4.69, 9.17) is 4.74 Å². The molecule has 1 heterocycles. The predicted molar refractivity (Wildman–Crippen MR) is 129 cm³/mol. The Labute approximate surface area is 198 Å². The Morgan fingerprint density at radius 2 is 1.88 bits per heavy atom. The number of carbonyl (C=O) groups excluding carboxylic acids is 1. The van der Waals surface area contributed by atoms with Crippen molar-refractivity contribution in [3.8, 4) is 0 Å². The number of ether oxygens (including phenoxy) is 1. The van der Waals surface area contributed by atoms with Gasteiger partial charge in [0.15, 0.2) is 0 Å². The van der Waals surface area contributed by atoms with Crippen LogP contribution < -0.4 is 5.32 Å². The summed E-state index contributed by atoms with van der Waals surface area (Å²) >= 11 is 0. The van der Waals surface area contributed by atoms with E-state index in [0.29, 0.717) is 25.6 Å². The summed E-state index contributed by atoms with van der Waals surface area (Å²) in [6.07, 6.45) is 6.30. The smallest absolute Gasteiger partial charge is 0.407 e. The minimum atomic E-state index is -3.45. The molecule has 1 saturated heterocycles. The second-order valence-electron chi connectivity index (χ2n) is 11.4. The first-order valence-corrected chi connectivity index (χ1v) is 14.2. The molecule has 6 nitrogen and oxygen atoms in total. The van der Waals surface area contributed by atoms with Crippen LogP contribution in [0.2, 0.25) is 0 Å². The van der Waals surface area contributed by atoms with Crippen LogP contribution in [0.3, 0.4) is 0 Å². The lowest BCUT2D eigenvalue weighted by molar-refractivity contribution is 0.105. The van der Waals surface area contributed by atoms with Crippen LogP contribution in [0.15, 0.2) is 24.3 Å². The van der Waals surface area contributed by atoms with Crippen molar-refractivity contribution in [1.29, 1.82) is 0 Å². The molecule has 33 heavy (non-hydrogen) atoms. The van der Waals surface area contributed by atoms with Gasteiger partial charge < -0.3 is 10.1 Å². The van der Waals surface area contributed by atoms with E-state index < -0.39 is 21.5 Å². The minimum absolute atomic E-state index is 0.115. The molecular weight excluding hydrogens is 436 g/mol. The Morgan fingerprint density at radius 1 is 1.15 bits per heavy atom. The standard InChI is InChI=1S/C26H38N2O4S/c1-4-32-23(29)27-22-17-20-10-12-26(22,24(20,2)3)18-33(30,31)28-15-13-25(14-16-28)11-9-19-7-5-6-8-21(19)25/h5-8,20,22H,4,9-18H2,1-3H3,(H,27,29)/t20?,22-,26?/m0/s1. The van der Waals surface area contributed by atoms with Gasteiger partial charge in [-0.2, -0.15) is 0 Å². The first-order valence-electron chi connectivity index (χ1n) is 12.6. The molecule has 7 heteroatoms. The Morgan fingerprint density at radius 3 is 2.58 bits per heavy atom. The average Bonchev–Trinajstić information content (AvgIpc) is 3.31. The van der Waals surface area contributed by atoms with Gasteiger partial charge in [0.05, 0.1) is 12.4 Å². The Balaban J connectivity index is 1.34. The zero-order chi connectivity index (χ0) is 23.5. The number of sulfonamides is 1. The molecule has 1 spiro atoms. The molecule has 0 aromatic heterocycles. The zero-order valence-corrected chi connectivity index (χ0v) is 21.0. The van der Waals surface area contributed by atoms with E-state index in [1.54, 1.807) is 11.2 Å². The summed E-state index contributed by atoms with van der Waals surface area (Å²) in [5.41, 5.74) is 2.43. The van der Waals surface area contributed by atoms with E-state index in [1.807, 2.05) is 0 Å². The van der Waals surface area contributed by atoms with E-state index in [-0.39, 0.29) is 22.6 Å². The van der Waals surface area contributed by atoms with Crippen molar-refractivity contribution >= 4 is 16.1 Å². The van der Waals surface area contributed by atoms with Crippen molar-refractivity contribution in [2.75, 3.05) is 25.4 Å². The summed E-state index contributed by atoms with van der Waals surface area (Å²) in [6.45, 7) is 7.69. The second-order valence-corrected chi connectivity index (χ2v) is 13.3. The van der Waals surface area contributed by atoms with Crippen LogP contribution in [0.4, 0.5) is 4.79 Å². The first kappa shape index (κ1) is 23.2. The van der Waals surface area contributed by atoms with Gasteiger partial charge in [-0.15, -0.1) is 0 Å². The number of carbonyl (C=O) groups is 1. The molecule has 0 radical (unpaired) electrons. The normalized spacial score (nSPS) is 32.1. The summed E-state index contributed by atoms with van der Waals surface area (Å²) in [7, 11) is -3.45. The molecule has 182 valence electrons. The maximum atomic E-state index is 13.8. The minimum Gasteiger partial charge on any atom is -0.450 e. The molecule has 3 aliphatic carbocycles. The molecule has 1 aromatic rings. The van der Waals surface area contributed by atoms with E-state index in [2.05, 4.69) is 43.4 Å². The molecule has 2 unspecified atom stereocenters. The van der Waals surface area contributed by atoms with Gasteiger partial charge >= 0.3 is 6.09 Å². The molecule has 1 N–H and O–H groups in total. The van der Waals surface area contributed by atoms with Crippen LogP contribution in [0, 0.1) is 16.7 Å². The highest BCUT2D eigenvalue weighted by Gasteiger charge is 2.66. The van der Waals surface area contributed by atoms with E-state index in [9.17, 15) is 13.2 Å². The predicted octanol–water partition coefficient (Wildman–Crippen LogP) is 4.24. The van der Waals surface area contributed by atoms with Crippen LogP contribution >= 0.6 is 0 Å². The van der Waals surface area contributed by atoms with E-state index in [1.165, 1.54) is 11.1 Å². The molecule has 1 aliphatic heterocycles. The lowest BCUT2D eigenvalue weighted by Crippen LogP contribution is -2.55. The monoisotopic (exact) mass is 474 g/mol. The second kappa shape index (κ2) is 7.98. The molecule has 5 rings (SSSR count). The molecule has 1 aromatic carbocycles. The van der Waals surface area contributed by atoms with Crippen LogP contribution in [-0.4, -0.2) is 50.3 Å². The molecule has 3 fully saturated rings. The third kappa shape index (κ3) is 3.53. The van der Waals surface area contributed by atoms with Gasteiger partial charge in [0.25, 0.3) is 0 Å². The average molecular weight is 475 g/mol. The molecular formula is C26H38N2O4S. The van der Waals surface area contributed by atoms with Gasteiger partial charge in [-0.3, -0.25) is 0 Å². The Hall–Kier alpha value is -1.60. The fourth-order valence-corrected chi connectivity index (χ4v) is 10.1. The number of fused-ring (bicyclic) bond motifs is 4. The SMILES string of the molecule is CCOC(=O)N[C@H]1CC2CCC1(CS(=O)(=O)N1CCC3(CCc4ccccc43)CC1)C2(C)C. The summed E-state index contributed by atoms with van der Waals surface area (Å²) in [5, 5.41) is 3.04. The lowest BCUT2D eigenvalue weighted by Gasteiger charge is -2.45. The van der Waals surface area contributed by atoms with E-state index >= 15 is 0 Å². The van der Waals surface area contributed by atoms with Crippen molar-refractivity contribution in [3.05, 3.63) is 35.4 Å². The number of aryl methyl sites for hydroxylation is 1. The van der Waals surface area contributed by atoms with Crippen molar-refractivity contribution in [1.82, 2.24) is 9.62 Å². The number of rotatable bonds is 5. The van der Waals surface area contributed by atoms with E-state index in [0.717, 1.165) is 44.9 Å². The third-order valence-electron chi connectivity index (χ3n) is 9.97. The van der Waals surface area contributed by atoms with Gasteiger partial charge in [0.1, 0.15) is 0 Å². The van der Waals surface area contributed by atoms with Crippen molar-refractivity contribution in [3.63, 3.8) is 0 Å². The van der Waals surface area contributed by atoms with Crippen LogP contribution in [0.5, 0.6) is 0 Å². The number of hydrogen-bond acceptors (Lipinski definition) is 4. The van der Waals surface area contributed by atoms with Crippen molar-refractivity contribution in [2.24, 2.45) is 16.7 Å². The zero-order valence-electron chi connectivity index (χ0n) is 20.2. The number of amides is 1. The summed E-state index contributed by atoms with van der Waals surface area (Å²) in [5.74, 6) is 0.545. The molecule has 2 bridgehead atoms. The number of piperidine rings is 1. The fourth-order valence-electron chi connectivity index (χ4n) is 7.83.